The number of para-hydroxylation sites is 2. The van der Waals surface area contributed by atoms with Crippen LogP contribution in [-0.4, -0.2) is 14.7 Å². The van der Waals surface area contributed by atoms with Gasteiger partial charge in [-0.05, 0) is 37.6 Å². The van der Waals surface area contributed by atoms with E-state index in [4.69, 9.17) is 0 Å². The van der Waals surface area contributed by atoms with E-state index in [1.165, 1.54) is 0 Å². The van der Waals surface area contributed by atoms with Crippen molar-refractivity contribution in [3.63, 3.8) is 0 Å². The summed E-state index contributed by atoms with van der Waals surface area (Å²) >= 11 is 0. The first kappa shape index (κ1) is 13.5. The molecule has 0 spiro atoms. The molecule has 1 heterocycles. The van der Waals surface area contributed by atoms with E-state index < -0.39 is 0 Å². The summed E-state index contributed by atoms with van der Waals surface area (Å²) in [6.45, 7) is 3.95. The molecule has 0 saturated carbocycles. The fourth-order valence-corrected chi connectivity index (χ4v) is 2.57. The third-order valence-corrected chi connectivity index (χ3v) is 3.80. The SMILES string of the molecule is Cc1ccc(NC(C)c2nc3ccccc3n2C)cc1O. The van der Waals surface area contributed by atoms with Gasteiger partial charge >= 0.3 is 0 Å². The van der Waals surface area contributed by atoms with Gasteiger partial charge in [-0.1, -0.05) is 18.2 Å². The fraction of sp³-hybridized carbons (Fsp3) is 0.235. The lowest BCUT2D eigenvalue weighted by molar-refractivity contribution is 0.471. The molecule has 3 rings (SSSR count). The van der Waals surface area contributed by atoms with Gasteiger partial charge < -0.3 is 15.0 Å². The van der Waals surface area contributed by atoms with Gasteiger partial charge in [0.15, 0.2) is 0 Å². The minimum Gasteiger partial charge on any atom is -0.508 e. The van der Waals surface area contributed by atoms with Gasteiger partial charge in [-0.15, -0.1) is 0 Å². The summed E-state index contributed by atoms with van der Waals surface area (Å²) in [5.41, 5.74) is 3.87. The highest BCUT2D eigenvalue weighted by Gasteiger charge is 2.14. The van der Waals surface area contributed by atoms with Gasteiger partial charge in [0.2, 0.25) is 0 Å². The zero-order valence-electron chi connectivity index (χ0n) is 12.5. The topological polar surface area (TPSA) is 50.1 Å². The fourth-order valence-electron chi connectivity index (χ4n) is 2.57. The molecular formula is C17H19N3O. The molecule has 1 aromatic heterocycles. The summed E-state index contributed by atoms with van der Waals surface area (Å²) < 4.78 is 2.10. The second-order valence-electron chi connectivity index (χ2n) is 5.39. The summed E-state index contributed by atoms with van der Waals surface area (Å²) in [6, 6.07) is 13.8. The first-order chi connectivity index (χ1) is 10.1. The predicted molar refractivity (Wildman–Crippen MR) is 85.6 cm³/mol. The van der Waals surface area contributed by atoms with E-state index >= 15 is 0 Å². The van der Waals surface area contributed by atoms with Gasteiger partial charge in [-0.3, -0.25) is 0 Å². The van der Waals surface area contributed by atoms with E-state index in [-0.39, 0.29) is 6.04 Å². The molecule has 2 aromatic carbocycles. The van der Waals surface area contributed by atoms with Gasteiger partial charge in [0.25, 0.3) is 0 Å². The molecule has 4 nitrogen and oxygen atoms in total. The van der Waals surface area contributed by atoms with Gasteiger partial charge in [-0.25, -0.2) is 4.98 Å². The number of rotatable bonds is 3. The second-order valence-corrected chi connectivity index (χ2v) is 5.39. The van der Waals surface area contributed by atoms with Crippen molar-refractivity contribution < 1.29 is 5.11 Å². The van der Waals surface area contributed by atoms with Crippen LogP contribution in [0.25, 0.3) is 11.0 Å². The van der Waals surface area contributed by atoms with E-state index in [1.807, 2.05) is 44.3 Å². The number of benzene rings is 2. The molecule has 3 aromatic rings. The van der Waals surface area contributed by atoms with Crippen molar-refractivity contribution in [3.05, 3.63) is 53.9 Å². The molecule has 0 fully saturated rings. The number of phenols is 1. The van der Waals surface area contributed by atoms with Crippen LogP contribution >= 0.6 is 0 Å². The molecule has 1 atom stereocenters. The maximum absolute atomic E-state index is 9.79. The second kappa shape index (κ2) is 5.13. The Morgan fingerprint density at radius 3 is 2.67 bits per heavy atom. The van der Waals surface area contributed by atoms with Gasteiger partial charge in [0, 0.05) is 18.8 Å². The van der Waals surface area contributed by atoms with E-state index in [0.717, 1.165) is 28.1 Å². The van der Waals surface area contributed by atoms with Crippen molar-refractivity contribution >= 4 is 16.7 Å². The highest BCUT2D eigenvalue weighted by atomic mass is 16.3. The number of aryl methyl sites for hydroxylation is 2. The van der Waals surface area contributed by atoms with Crippen LogP contribution in [0.15, 0.2) is 42.5 Å². The minimum absolute atomic E-state index is 0.0458. The summed E-state index contributed by atoms with van der Waals surface area (Å²) in [5.74, 6) is 1.27. The number of phenolic OH excluding ortho intramolecular Hbond substituents is 1. The number of nitrogens with one attached hydrogen (secondary N) is 1. The molecule has 2 N–H and O–H groups in total. The lowest BCUT2D eigenvalue weighted by Crippen LogP contribution is -2.12. The minimum atomic E-state index is 0.0458. The Bertz CT molecular complexity index is 792. The number of aromatic hydroxyl groups is 1. The number of hydrogen-bond acceptors (Lipinski definition) is 3. The molecule has 0 aliphatic heterocycles. The van der Waals surface area contributed by atoms with Crippen LogP contribution in [0.3, 0.4) is 0 Å². The van der Waals surface area contributed by atoms with Gasteiger partial charge in [0.05, 0.1) is 17.1 Å². The summed E-state index contributed by atoms with van der Waals surface area (Å²) in [7, 11) is 2.02. The quantitative estimate of drug-likeness (QED) is 0.768. The molecular weight excluding hydrogens is 262 g/mol. The Morgan fingerprint density at radius 2 is 1.95 bits per heavy atom. The average Bonchev–Trinajstić information content (AvgIpc) is 2.81. The van der Waals surface area contributed by atoms with Crippen molar-refractivity contribution in [3.8, 4) is 5.75 Å². The summed E-state index contributed by atoms with van der Waals surface area (Å²) in [5, 5.41) is 13.2. The monoisotopic (exact) mass is 281 g/mol. The first-order valence-electron chi connectivity index (χ1n) is 7.04. The summed E-state index contributed by atoms with van der Waals surface area (Å²) in [4.78, 5) is 4.69. The number of nitrogens with zero attached hydrogens (tertiary/aromatic N) is 2. The normalized spacial score (nSPS) is 12.5. The van der Waals surface area contributed by atoms with Crippen molar-refractivity contribution in [2.75, 3.05) is 5.32 Å². The van der Waals surface area contributed by atoms with Crippen LogP contribution in [0, 0.1) is 6.92 Å². The van der Waals surface area contributed by atoms with Gasteiger partial charge in [0.1, 0.15) is 11.6 Å². The number of fused-ring (bicyclic) bond motifs is 1. The lowest BCUT2D eigenvalue weighted by Gasteiger charge is -2.15. The smallest absolute Gasteiger partial charge is 0.131 e. The number of hydrogen-bond donors (Lipinski definition) is 2. The Labute approximate surface area is 124 Å². The molecule has 1 unspecified atom stereocenters. The highest BCUT2D eigenvalue weighted by Crippen LogP contribution is 2.26. The van der Waals surface area contributed by atoms with Crippen molar-refractivity contribution in [1.29, 1.82) is 0 Å². The van der Waals surface area contributed by atoms with E-state index in [1.54, 1.807) is 6.07 Å². The number of aromatic nitrogens is 2. The van der Waals surface area contributed by atoms with Gasteiger partial charge in [-0.2, -0.15) is 0 Å². The molecule has 21 heavy (non-hydrogen) atoms. The van der Waals surface area contributed by atoms with E-state index in [9.17, 15) is 5.11 Å². The zero-order valence-corrected chi connectivity index (χ0v) is 12.5. The third-order valence-electron chi connectivity index (χ3n) is 3.80. The van der Waals surface area contributed by atoms with Crippen LogP contribution < -0.4 is 5.32 Å². The first-order valence-corrected chi connectivity index (χ1v) is 7.04. The highest BCUT2D eigenvalue weighted by molar-refractivity contribution is 5.76. The Balaban J connectivity index is 1.91. The van der Waals surface area contributed by atoms with Crippen molar-refractivity contribution in [1.82, 2.24) is 9.55 Å². The number of anilines is 1. The van der Waals surface area contributed by atoms with Crippen LogP contribution in [0.5, 0.6) is 5.75 Å². The molecule has 0 saturated heterocycles. The average molecular weight is 281 g/mol. The third kappa shape index (κ3) is 2.44. The zero-order chi connectivity index (χ0) is 15.0. The maximum Gasteiger partial charge on any atom is 0.131 e. The van der Waals surface area contributed by atoms with Crippen molar-refractivity contribution in [2.45, 2.75) is 19.9 Å². The van der Waals surface area contributed by atoms with E-state index in [2.05, 4.69) is 27.9 Å². The molecule has 0 radical (unpaired) electrons. The molecule has 0 aliphatic carbocycles. The molecule has 0 bridgehead atoms. The van der Waals surface area contributed by atoms with Crippen LogP contribution in [0.4, 0.5) is 5.69 Å². The number of imidazole rings is 1. The molecule has 0 amide bonds. The Kier molecular flexibility index (Phi) is 3.29. The Morgan fingerprint density at radius 1 is 1.19 bits per heavy atom. The molecule has 4 heteroatoms. The molecule has 0 aliphatic rings. The van der Waals surface area contributed by atoms with Crippen molar-refractivity contribution in [2.24, 2.45) is 7.05 Å². The standard InChI is InChI=1S/C17H19N3O/c1-11-8-9-13(10-16(11)21)18-12(2)17-19-14-6-4-5-7-15(14)20(17)3/h4-10,12,18,21H,1-3H3. The van der Waals surface area contributed by atoms with Crippen LogP contribution in [0.2, 0.25) is 0 Å². The van der Waals surface area contributed by atoms with E-state index in [0.29, 0.717) is 5.75 Å². The maximum atomic E-state index is 9.79. The predicted octanol–water partition coefficient (Wildman–Crippen LogP) is 3.76. The molecule has 108 valence electrons. The largest absolute Gasteiger partial charge is 0.508 e. The van der Waals surface area contributed by atoms with Crippen LogP contribution in [-0.2, 0) is 7.05 Å². The van der Waals surface area contributed by atoms with Crippen LogP contribution in [0.1, 0.15) is 24.4 Å². The summed E-state index contributed by atoms with van der Waals surface area (Å²) in [6.07, 6.45) is 0. The Hall–Kier alpha value is -2.49. The lowest BCUT2D eigenvalue weighted by atomic mass is 10.2.